The quantitative estimate of drug-likeness (QED) is 0.773. The van der Waals surface area contributed by atoms with Gasteiger partial charge in [-0.1, -0.05) is 35.0 Å². The average molecular weight is 338 g/mol. The first-order valence-corrected chi connectivity index (χ1v) is 8.10. The molecule has 2 N–H and O–H groups in total. The van der Waals surface area contributed by atoms with E-state index < -0.39 is 0 Å². The Morgan fingerprint density at radius 3 is 2.59 bits per heavy atom. The van der Waals surface area contributed by atoms with Crippen LogP contribution in [-0.2, 0) is 0 Å². The Morgan fingerprint density at radius 1 is 1.23 bits per heavy atom. The van der Waals surface area contributed by atoms with Gasteiger partial charge in [0.15, 0.2) is 0 Å². The minimum atomic E-state index is -0.381. The maximum atomic E-state index is 12.2. The van der Waals surface area contributed by atoms with Crippen LogP contribution in [0.25, 0.3) is 0 Å². The Bertz CT molecular complexity index is 641. The summed E-state index contributed by atoms with van der Waals surface area (Å²) in [7, 11) is 0. The fourth-order valence-electron chi connectivity index (χ4n) is 2.32. The zero-order valence-corrected chi connectivity index (χ0v) is 13.6. The molecule has 22 heavy (non-hydrogen) atoms. The molecule has 0 unspecified atom stereocenters. The van der Waals surface area contributed by atoms with Gasteiger partial charge < -0.3 is 15.5 Å². The van der Waals surface area contributed by atoms with Crippen LogP contribution in [0, 0.1) is 11.8 Å². The number of amides is 2. The summed E-state index contributed by atoms with van der Waals surface area (Å²) in [6.07, 6.45) is 1.78. The zero-order valence-electron chi connectivity index (χ0n) is 12.1. The van der Waals surface area contributed by atoms with Crippen molar-refractivity contribution in [2.75, 3.05) is 26.2 Å². The SMILES string of the molecule is O=C(NC1(C#Cc2ccc(Cl)c(Cl)c2)CC1)N1CCNCC1. The van der Waals surface area contributed by atoms with Crippen LogP contribution in [-0.4, -0.2) is 42.6 Å². The third-order valence-electron chi connectivity index (χ3n) is 3.87. The van der Waals surface area contributed by atoms with Crippen LogP contribution in [0.2, 0.25) is 10.0 Å². The number of carbonyl (C=O) groups excluding carboxylic acids is 1. The second kappa shape index (κ2) is 6.37. The fraction of sp³-hybridized carbons (Fsp3) is 0.438. The largest absolute Gasteiger partial charge is 0.322 e. The van der Waals surface area contributed by atoms with Crippen LogP contribution in [0.5, 0.6) is 0 Å². The molecule has 1 aromatic rings. The van der Waals surface area contributed by atoms with E-state index in [4.69, 9.17) is 23.2 Å². The van der Waals surface area contributed by atoms with Crippen molar-refractivity contribution in [2.24, 2.45) is 0 Å². The van der Waals surface area contributed by atoms with Crippen LogP contribution >= 0.6 is 23.2 Å². The molecule has 0 bridgehead atoms. The van der Waals surface area contributed by atoms with E-state index in [-0.39, 0.29) is 11.6 Å². The van der Waals surface area contributed by atoms with Crippen molar-refractivity contribution in [1.82, 2.24) is 15.5 Å². The summed E-state index contributed by atoms with van der Waals surface area (Å²) in [5.74, 6) is 6.26. The Morgan fingerprint density at radius 2 is 1.95 bits per heavy atom. The van der Waals surface area contributed by atoms with Crippen molar-refractivity contribution in [2.45, 2.75) is 18.4 Å². The molecular formula is C16H17Cl2N3O. The van der Waals surface area contributed by atoms with Crippen LogP contribution in [0.1, 0.15) is 18.4 Å². The van der Waals surface area contributed by atoms with Crippen LogP contribution in [0.4, 0.5) is 4.79 Å². The molecule has 4 nitrogen and oxygen atoms in total. The van der Waals surface area contributed by atoms with Gasteiger partial charge in [-0.15, -0.1) is 0 Å². The molecule has 3 rings (SSSR count). The highest BCUT2D eigenvalue weighted by Crippen LogP contribution is 2.35. The van der Waals surface area contributed by atoms with E-state index in [1.807, 2.05) is 11.0 Å². The Balaban J connectivity index is 1.65. The van der Waals surface area contributed by atoms with Crippen molar-refractivity contribution in [3.63, 3.8) is 0 Å². The van der Waals surface area contributed by atoms with Gasteiger partial charge in [0.05, 0.1) is 10.0 Å². The molecular weight excluding hydrogens is 321 g/mol. The summed E-state index contributed by atoms with van der Waals surface area (Å²) in [6, 6.07) is 5.27. The summed E-state index contributed by atoms with van der Waals surface area (Å²) in [6.45, 7) is 3.16. The molecule has 1 heterocycles. The van der Waals surface area contributed by atoms with E-state index >= 15 is 0 Å². The van der Waals surface area contributed by atoms with Crippen LogP contribution in [0.3, 0.4) is 0 Å². The highest BCUT2D eigenvalue weighted by molar-refractivity contribution is 6.42. The van der Waals surface area contributed by atoms with Gasteiger partial charge in [-0.25, -0.2) is 4.79 Å². The van der Waals surface area contributed by atoms with E-state index in [0.29, 0.717) is 10.0 Å². The highest BCUT2D eigenvalue weighted by atomic mass is 35.5. The van der Waals surface area contributed by atoms with E-state index in [1.54, 1.807) is 12.1 Å². The number of piperazine rings is 1. The van der Waals surface area contributed by atoms with Gasteiger partial charge in [-0.3, -0.25) is 0 Å². The van der Waals surface area contributed by atoms with Gasteiger partial charge in [-0.05, 0) is 31.0 Å². The van der Waals surface area contributed by atoms with Crippen molar-refractivity contribution in [1.29, 1.82) is 0 Å². The number of urea groups is 1. The monoisotopic (exact) mass is 337 g/mol. The lowest BCUT2D eigenvalue weighted by atomic mass is 10.2. The first-order chi connectivity index (χ1) is 10.6. The molecule has 0 aromatic heterocycles. The highest BCUT2D eigenvalue weighted by Gasteiger charge is 2.43. The number of carbonyl (C=O) groups is 1. The topological polar surface area (TPSA) is 44.4 Å². The van der Waals surface area contributed by atoms with Crippen molar-refractivity contribution >= 4 is 29.2 Å². The third-order valence-corrected chi connectivity index (χ3v) is 4.61. The molecule has 2 aliphatic rings. The predicted octanol–water partition coefficient (Wildman–Crippen LogP) is 2.49. The molecule has 1 aromatic carbocycles. The van der Waals surface area contributed by atoms with Gasteiger partial charge >= 0.3 is 6.03 Å². The predicted molar refractivity (Wildman–Crippen MR) is 88.3 cm³/mol. The fourth-order valence-corrected chi connectivity index (χ4v) is 2.62. The molecule has 2 fully saturated rings. The Labute approximate surface area is 140 Å². The van der Waals surface area contributed by atoms with Crippen molar-refractivity contribution in [3.05, 3.63) is 33.8 Å². The molecule has 116 valence electrons. The summed E-state index contributed by atoms with van der Waals surface area (Å²) < 4.78 is 0. The smallest absolute Gasteiger partial charge is 0.318 e. The summed E-state index contributed by atoms with van der Waals surface area (Å²) in [4.78, 5) is 14.1. The second-order valence-electron chi connectivity index (χ2n) is 5.63. The van der Waals surface area contributed by atoms with Crippen molar-refractivity contribution < 1.29 is 4.79 Å². The van der Waals surface area contributed by atoms with Gasteiger partial charge in [0.2, 0.25) is 0 Å². The van der Waals surface area contributed by atoms with Crippen molar-refractivity contribution in [3.8, 4) is 11.8 Å². The summed E-state index contributed by atoms with van der Waals surface area (Å²) in [5.41, 5.74) is 0.422. The van der Waals surface area contributed by atoms with E-state index in [1.165, 1.54) is 0 Å². The molecule has 6 heteroatoms. The number of rotatable bonds is 1. The lowest BCUT2D eigenvalue weighted by molar-refractivity contribution is 0.187. The summed E-state index contributed by atoms with van der Waals surface area (Å²) in [5, 5.41) is 7.29. The molecule has 0 spiro atoms. The van der Waals surface area contributed by atoms with Crippen LogP contribution < -0.4 is 10.6 Å². The number of benzene rings is 1. The Hall–Kier alpha value is -1.41. The molecule has 0 atom stereocenters. The van der Waals surface area contributed by atoms with E-state index in [9.17, 15) is 4.79 Å². The maximum absolute atomic E-state index is 12.2. The minimum Gasteiger partial charge on any atom is -0.322 e. The van der Waals surface area contributed by atoms with E-state index in [2.05, 4.69) is 22.5 Å². The number of nitrogens with zero attached hydrogens (tertiary/aromatic N) is 1. The van der Waals surface area contributed by atoms with E-state index in [0.717, 1.165) is 44.6 Å². The maximum Gasteiger partial charge on any atom is 0.318 e. The lowest BCUT2D eigenvalue weighted by Gasteiger charge is -2.28. The molecule has 0 radical (unpaired) electrons. The number of nitrogens with one attached hydrogen (secondary N) is 2. The number of halogens is 2. The molecule has 1 aliphatic carbocycles. The lowest BCUT2D eigenvalue weighted by Crippen LogP contribution is -2.52. The molecule has 1 saturated carbocycles. The normalized spacial score (nSPS) is 19.1. The minimum absolute atomic E-state index is 0.0255. The Kier molecular flexibility index (Phi) is 4.49. The first kappa shape index (κ1) is 15.5. The van der Waals surface area contributed by atoms with Gasteiger partial charge in [0.1, 0.15) is 5.54 Å². The molecule has 2 amide bonds. The zero-order chi connectivity index (χ0) is 15.6. The van der Waals surface area contributed by atoms with Gasteiger partial charge in [-0.2, -0.15) is 0 Å². The third kappa shape index (κ3) is 3.67. The number of hydrogen-bond donors (Lipinski definition) is 2. The summed E-state index contributed by atoms with van der Waals surface area (Å²) >= 11 is 11.9. The molecule has 1 aliphatic heterocycles. The van der Waals surface area contributed by atoms with Gasteiger partial charge in [0, 0.05) is 31.7 Å². The standard InChI is InChI=1S/C16H17Cl2N3O/c17-13-2-1-12(11-14(13)18)3-4-16(5-6-16)20-15(22)21-9-7-19-8-10-21/h1-2,11,19H,5-10H2,(H,20,22). The van der Waals surface area contributed by atoms with Crippen LogP contribution in [0.15, 0.2) is 18.2 Å². The average Bonchev–Trinajstić information content (AvgIpc) is 3.29. The first-order valence-electron chi connectivity index (χ1n) is 7.34. The van der Waals surface area contributed by atoms with Gasteiger partial charge in [0.25, 0.3) is 0 Å². The number of hydrogen-bond acceptors (Lipinski definition) is 2. The molecule has 1 saturated heterocycles. The second-order valence-corrected chi connectivity index (χ2v) is 6.44.